The molecule has 0 aliphatic carbocycles. The van der Waals surface area contributed by atoms with E-state index in [1.54, 1.807) is 23.3 Å². The molecule has 1 aromatic heterocycles. The van der Waals surface area contributed by atoms with E-state index >= 15 is 0 Å². The Balaban J connectivity index is 2.30. The highest BCUT2D eigenvalue weighted by molar-refractivity contribution is 6.00. The quantitative estimate of drug-likeness (QED) is 0.859. The zero-order valence-corrected chi connectivity index (χ0v) is 12.7. The highest BCUT2D eigenvalue weighted by Crippen LogP contribution is 2.23. The summed E-state index contributed by atoms with van der Waals surface area (Å²) in [5.41, 5.74) is 7.88. The van der Waals surface area contributed by atoms with Crippen LogP contribution in [0.1, 0.15) is 23.0 Å². The lowest BCUT2D eigenvalue weighted by Crippen LogP contribution is -2.31. The van der Waals surface area contributed by atoms with Crippen molar-refractivity contribution in [1.82, 2.24) is 4.90 Å². The SMILES string of the molecule is CCN(Cc1ccco1)C(=O)c1cc(N)ccc1N(C)C. The van der Waals surface area contributed by atoms with Crippen molar-refractivity contribution in [3.8, 4) is 0 Å². The maximum Gasteiger partial charge on any atom is 0.256 e. The minimum atomic E-state index is -0.0510. The number of amides is 1. The van der Waals surface area contributed by atoms with Crippen molar-refractivity contribution in [1.29, 1.82) is 0 Å². The van der Waals surface area contributed by atoms with Crippen LogP contribution in [0, 0.1) is 0 Å². The first-order valence-electron chi connectivity index (χ1n) is 6.91. The van der Waals surface area contributed by atoms with Crippen LogP contribution in [-0.2, 0) is 6.54 Å². The van der Waals surface area contributed by atoms with Crippen LogP contribution in [0.3, 0.4) is 0 Å². The zero-order chi connectivity index (χ0) is 15.4. The number of nitrogens with zero attached hydrogens (tertiary/aromatic N) is 2. The fraction of sp³-hybridized carbons (Fsp3) is 0.312. The van der Waals surface area contributed by atoms with Gasteiger partial charge in [-0.2, -0.15) is 0 Å². The predicted octanol–water partition coefficient (Wildman–Crippen LogP) is 2.59. The number of carbonyl (C=O) groups is 1. The molecule has 1 heterocycles. The van der Waals surface area contributed by atoms with Crippen LogP contribution in [0.15, 0.2) is 41.0 Å². The molecule has 2 rings (SSSR count). The third-order valence-electron chi connectivity index (χ3n) is 3.33. The lowest BCUT2D eigenvalue weighted by atomic mass is 10.1. The molecule has 0 saturated carbocycles. The largest absolute Gasteiger partial charge is 0.467 e. The van der Waals surface area contributed by atoms with Gasteiger partial charge in [0.05, 0.1) is 18.4 Å². The van der Waals surface area contributed by atoms with E-state index < -0.39 is 0 Å². The molecule has 1 aromatic carbocycles. The van der Waals surface area contributed by atoms with Crippen LogP contribution in [0.4, 0.5) is 11.4 Å². The number of hydrogen-bond donors (Lipinski definition) is 1. The summed E-state index contributed by atoms with van der Waals surface area (Å²) in [6.45, 7) is 2.99. The van der Waals surface area contributed by atoms with Gasteiger partial charge in [-0.25, -0.2) is 0 Å². The summed E-state index contributed by atoms with van der Waals surface area (Å²) >= 11 is 0. The average molecular weight is 287 g/mol. The number of furan rings is 1. The van der Waals surface area contributed by atoms with Crippen molar-refractivity contribution < 1.29 is 9.21 Å². The average Bonchev–Trinajstić information content (AvgIpc) is 2.96. The third kappa shape index (κ3) is 3.37. The molecule has 0 aliphatic rings. The number of nitrogens with two attached hydrogens (primary N) is 1. The summed E-state index contributed by atoms with van der Waals surface area (Å²) in [5.74, 6) is 0.713. The fourth-order valence-electron chi connectivity index (χ4n) is 2.20. The molecule has 2 N–H and O–H groups in total. The van der Waals surface area contributed by atoms with Crippen molar-refractivity contribution in [2.75, 3.05) is 31.3 Å². The lowest BCUT2D eigenvalue weighted by Gasteiger charge is -2.23. The molecule has 0 bridgehead atoms. The van der Waals surface area contributed by atoms with Crippen LogP contribution in [0.5, 0.6) is 0 Å². The van der Waals surface area contributed by atoms with Gasteiger partial charge >= 0.3 is 0 Å². The van der Waals surface area contributed by atoms with Gasteiger partial charge in [0.15, 0.2) is 0 Å². The Hall–Kier alpha value is -2.43. The molecule has 2 aromatic rings. The number of hydrogen-bond acceptors (Lipinski definition) is 4. The number of benzene rings is 1. The first-order valence-corrected chi connectivity index (χ1v) is 6.91. The Morgan fingerprint density at radius 3 is 2.62 bits per heavy atom. The van der Waals surface area contributed by atoms with Gasteiger partial charge in [0.25, 0.3) is 5.91 Å². The maximum atomic E-state index is 12.8. The number of nitrogen functional groups attached to an aromatic ring is 1. The third-order valence-corrected chi connectivity index (χ3v) is 3.33. The monoisotopic (exact) mass is 287 g/mol. The molecule has 0 atom stereocenters. The van der Waals surface area contributed by atoms with Crippen LogP contribution < -0.4 is 10.6 Å². The van der Waals surface area contributed by atoms with Crippen LogP contribution in [-0.4, -0.2) is 31.4 Å². The highest BCUT2D eigenvalue weighted by atomic mass is 16.3. The maximum absolute atomic E-state index is 12.8. The summed E-state index contributed by atoms with van der Waals surface area (Å²) in [5, 5.41) is 0. The van der Waals surface area contributed by atoms with Crippen molar-refractivity contribution in [3.63, 3.8) is 0 Å². The van der Waals surface area contributed by atoms with E-state index in [0.717, 1.165) is 11.4 Å². The van der Waals surface area contributed by atoms with E-state index in [-0.39, 0.29) is 5.91 Å². The van der Waals surface area contributed by atoms with Crippen molar-refractivity contribution in [2.45, 2.75) is 13.5 Å². The van der Waals surface area contributed by atoms with E-state index in [9.17, 15) is 4.79 Å². The smallest absolute Gasteiger partial charge is 0.256 e. The van der Waals surface area contributed by atoms with Gasteiger partial charge in [0, 0.05) is 32.0 Å². The summed E-state index contributed by atoms with van der Waals surface area (Å²) in [7, 11) is 3.82. The normalized spacial score (nSPS) is 10.4. The first-order chi connectivity index (χ1) is 10.0. The van der Waals surface area contributed by atoms with Crippen molar-refractivity contribution in [3.05, 3.63) is 47.9 Å². The molecule has 0 radical (unpaired) electrons. The van der Waals surface area contributed by atoms with Crippen molar-refractivity contribution in [2.24, 2.45) is 0 Å². The molecule has 0 unspecified atom stereocenters. The van der Waals surface area contributed by atoms with Gasteiger partial charge in [-0.3, -0.25) is 4.79 Å². The number of anilines is 2. The molecule has 0 aliphatic heterocycles. The summed E-state index contributed by atoms with van der Waals surface area (Å²) in [6, 6.07) is 9.07. The molecule has 1 amide bonds. The van der Waals surface area contributed by atoms with Gasteiger partial charge < -0.3 is 20.0 Å². The second-order valence-electron chi connectivity index (χ2n) is 5.07. The molecule has 112 valence electrons. The summed E-state index contributed by atoms with van der Waals surface area (Å²) in [6.07, 6.45) is 1.61. The highest BCUT2D eigenvalue weighted by Gasteiger charge is 2.20. The van der Waals surface area contributed by atoms with Gasteiger partial charge in [0.1, 0.15) is 5.76 Å². The Kier molecular flexibility index (Phi) is 4.52. The zero-order valence-electron chi connectivity index (χ0n) is 12.7. The Bertz CT molecular complexity index is 606. The van der Waals surface area contributed by atoms with Gasteiger partial charge in [0.2, 0.25) is 0 Å². The molecule has 0 fully saturated rings. The van der Waals surface area contributed by atoms with Crippen LogP contribution in [0.25, 0.3) is 0 Å². The van der Waals surface area contributed by atoms with Crippen molar-refractivity contribution >= 4 is 17.3 Å². The topological polar surface area (TPSA) is 62.7 Å². The summed E-state index contributed by atoms with van der Waals surface area (Å²) in [4.78, 5) is 16.4. The van der Waals surface area contributed by atoms with Gasteiger partial charge in [-0.15, -0.1) is 0 Å². The Labute approximate surface area is 124 Å². The first kappa shape index (κ1) is 15.0. The van der Waals surface area contributed by atoms with E-state index in [1.165, 1.54) is 0 Å². The fourth-order valence-corrected chi connectivity index (χ4v) is 2.20. The minimum absolute atomic E-state index is 0.0510. The Morgan fingerprint density at radius 2 is 2.05 bits per heavy atom. The van der Waals surface area contributed by atoms with E-state index in [2.05, 4.69) is 0 Å². The second kappa shape index (κ2) is 6.35. The predicted molar refractivity (Wildman–Crippen MR) is 84.3 cm³/mol. The van der Waals surface area contributed by atoms with Crippen LogP contribution in [0.2, 0.25) is 0 Å². The van der Waals surface area contributed by atoms with Gasteiger partial charge in [-0.1, -0.05) is 0 Å². The second-order valence-corrected chi connectivity index (χ2v) is 5.07. The number of rotatable bonds is 5. The van der Waals surface area contributed by atoms with E-state index in [1.807, 2.05) is 44.1 Å². The molecule has 5 nitrogen and oxygen atoms in total. The standard InChI is InChI=1S/C16H21N3O2/c1-4-19(11-13-6-5-9-21-13)16(20)14-10-12(17)7-8-15(14)18(2)3/h5-10H,4,11,17H2,1-3H3. The molecular weight excluding hydrogens is 266 g/mol. The lowest BCUT2D eigenvalue weighted by molar-refractivity contribution is 0.0742. The van der Waals surface area contributed by atoms with E-state index in [4.69, 9.17) is 10.2 Å². The van der Waals surface area contributed by atoms with E-state index in [0.29, 0.717) is 24.3 Å². The van der Waals surface area contributed by atoms with Crippen LogP contribution >= 0.6 is 0 Å². The molecular formula is C16H21N3O2. The molecule has 0 saturated heterocycles. The summed E-state index contributed by atoms with van der Waals surface area (Å²) < 4.78 is 5.32. The Morgan fingerprint density at radius 1 is 1.29 bits per heavy atom. The minimum Gasteiger partial charge on any atom is -0.467 e. The van der Waals surface area contributed by atoms with Gasteiger partial charge in [-0.05, 0) is 37.3 Å². The number of carbonyl (C=O) groups excluding carboxylic acids is 1. The molecule has 0 spiro atoms. The molecule has 5 heteroatoms. The molecule has 21 heavy (non-hydrogen) atoms.